The molecule has 7 heteroatoms. The minimum Gasteiger partial charge on any atom is -0.486 e. The SMILES string of the molecule is NC(=O)[C@@H](O)CNC(=O)c1ccc(O[C@@H](CC2CCCCC2)c2ccc(-c3ccc(F)cc3)cc2)cc1. The first-order valence-electron chi connectivity index (χ1n) is 12.8. The number of benzene rings is 3. The van der Waals surface area contributed by atoms with E-state index in [1.54, 1.807) is 36.4 Å². The van der Waals surface area contributed by atoms with Gasteiger partial charge in [0.1, 0.15) is 23.8 Å². The molecule has 0 heterocycles. The van der Waals surface area contributed by atoms with E-state index in [0.717, 1.165) is 23.1 Å². The van der Waals surface area contributed by atoms with E-state index in [1.165, 1.54) is 44.2 Å². The Bertz CT molecular complexity index is 1170. The first kappa shape index (κ1) is 26.4. The average molecular weight is 505 g/mol. The van der Waals surface area contributed by atoms with Gasteiger partial charge < -0.3 is 20.9 Å². The number of aliphatic hydroxyl groups is 1. The quantitative estimate of drug-likeness (QED) is 0.355. The lowest BCUT2D eigenvalue weighted by Gasteiger charge is -2.27. The summed E-state index contributed by atoms with van der Waals surface area (Å²) in [5.74, 6) is -0.316. The van der Waals surface area contributed by atoms with Crippen LogP contribution in [0.5, 0.6) is 5.75 Å². The van der Waals surface area contributed by atoms with Crippen molar-refractivity contribution in [2.45, 2.75) is 50.7 Å². The number of carbonyl (C=O) groups excluding carboxylic acids is 2. The van der Waals surface area contributed by atoms with Gasteiger partial charge in [-0.25, -0.2) is 4.39 Å². The minimum absolute atomic E-state index is 0.143. The summed E-state index contributed by atoms with van der Waals surface area (Å²) in [5.41, 5.74) is 8.43. The highest BCUT2D eigenvalue weighted by Gasteiger charge is 2.22. The van der Waals surface area contributed by atoms with Crippen LogP contribution >= 0.6 is 0 Å². The third kappa shape index (κ3) is 7.40. The largest absolute Gasteiger partial charge is 0.486 e. The maximum atomic E-state index is 13.3. The molecule has 4 N–H and O–H groups in total. The molecule has 0 saturated heterocycles. The van der Waals surface area contributed by atoms with Crippen molar-refractivity contribution in [2.75, 3.05) is 6.54 Å². The standard InChI is InChI=1S/C30H33FN2O4/c31-25-14-10-22(11-15-25)21-6-8-23(9-7-21)28(18-20-4-2-1-3-5-20)37-26-16-12-24(13-17-26)30(36)33-19-27(34)29(32)35/h6-17,20,27-28,34H,1-5,18-19H2,(H2,32,35)(H,33,36)/t27-,28-/m0/s1. The summed E-state index contributed by atoms with van der Waals surface area (Å²) >= 11 is 0. The number of rotatable bonds is 10. The second-order valence-corrected chi connectivity index (χ2v) is 9.63. The van der Waals surface area contributed by atoms with Crippen LogP contribution < -0.4 is 15.8 Å². The molecule has 194 valence electrons. The number of carbonyl (C=O) groups is 2. The van der Waals surface area contributed by atoms with Crippen molar-refractivity contribution < 1.29 is 23.8 Å². The molecule has 1 saturated carbocycles. The molecule has 1 aliphatic carbocycles. The highest BCUT2D eigenvalue weighted by Crippen LogP contribution is 2.35. The summed E-state index contributed by atoms with van der Waals surface area (Å²) in [5, 5.41) is 12.0. The monoisotopic (exact) mass is 504 g/mol. The first-order valence-corrected chi connectivity index (χ1v) is 12.8. The van der Waals surface area contributed by atoms with Gasteiger partial charge in [-0.1, -0.05) is 68.5 Å². The predicted molar refractivity (Wildman–Crippen MR) is 140 cm³/mol. The molecule has 0 aliphatic heterocycles. The summed E-state index contributed by atoms with van der Waals surface area (Å²) in [6.45, 7) is -0.246. The number of hydrogen-bond donors (Lipinski definition) is 3. The summed E-state index contributed by atoms with van der Waals surface area (Å²) in [7, 11) is 0. The lowest BCUT2D eigenvalue weighted by atomic mass is 9.84. The number of nitrogens with one attached hydrogen (secondary N) is 1. The molecule has 0 unspecified atom stereocenters. The van der Waals surface area contributed by atoms with Crippen molar-refractivity contribution in [3.63, 3.8) is 0 Å². The van der Waals surface area contributed by atoms with Crippen LogP contribution in [0.15, 0.2) is 72.8 Å². The van der Waals surface area contributed by atoms with E-state index in [2.05, 4.69) is 17.4 Å². The van der Waals surface area contributed by atoms with Gasteiger partial charge in [-0.15, -0.1) is 0 Å². The molecular formula is C30H33FN2O4. The zero-order valence-electron chi connectivity index (χ0n) is 20.7. The number of aliphatic hydroxyl groups excluding tert-OH is 1. The van der Waals surface area contributed by atoms with Crippen molar-refractivity contribution in [1.29, 1.82) is 0 Å². The van der Waals surface area contributed by atoms with E-state index in [-0.39, 0.29) is 18.5 Å². The summed E-state index contributed by atoms with van der Waals surface area (Å²) in [6.07, 6.45) is 5.51. The second-order valence-electron chi connectivity index (χ2n) is 9.63. The molecular weight excluding hydrogens is 471 g/mol. The number of hydrogen-bond acceptors (Lipinski definition) is 4. The predicted octanol–water partition coefficient (Wildman–Crippen LogP) is 5.16. The Hall–Kier alpha value is -3.71. The van der Waals surface area contributed by atoms with Crippen LogP contribution in [-0.2, 0) is 4.79 Å². The van der Waals surface area contributed by atoms with Crippen molar-refractivity contribution in [2.24, 2.45) is 11.7 Å². The minimum atomic E-state index is -1.43. The van der Waals surface area contributed by atoms with Crippen LogP contribution in [0.25, 0.3) is 11.1 Å². The van der Waals surface area contributed by atoms with Crippen molar-refractivity contribution in [3.05, 3.63) is 89.7 Å². The van der Waals surface area contributed by atoms with Crippen molar-refractivity contribution in [1.82, 2.24) is 5.32 Å². The fraction of sp³-hybridized carbons (Fsp3) is 0.333. The van der Waals surface area contributed by atoms with Crippen LogP contribution in [0.2, 0.25) is 0 Å². The first-order chi connectivity index (χ1) is 17.9. The Morgan fingerprint density at radius 3 is 2.11 bits per heavy atom. The van der Waals surface area contributed by atoms with Gasteiger partial charge in [-0.3, -0.25) is 9.59 Å². The van der Waals surface area contributed by atoms with Crippen LogP contribution in [0, 0.1) is 11.7 Å². The highest BCUT2D eigenvalue weighted by atomic mass is 19.1. The fourth-order valence-electron chi connectivity index (χ4n) is 4.75. The molecule has 0 bridgehead atoms. The Labute approximate surface area is 216 Å². The van der Waals surface area contributed by atoms with Crippen LogP contribution in [0.4, 0.5) is 4.39 Å². The third-order valence-corrected chi connectivity index (χ3v) is 6.91. The zero-order valence-corrected chi connectivity index (χ0v) is 20.7. The van der Waals surface area contributed by atoms with E-state index in [1.807, 2.05) is 12.1 Å². The van der Waals surface area contributed by atoms with Crippen molar-refractivity contribution in [3.8, 4) is 16.9 Å². The van der Waals surface area contributed by atoms with Gasteiger partial charge in [0.05, 0.1) is 6.54 Å². The fourth-order valence-corrected chi connectivity index (χ4v) is 4.75. The Balaban J connectivity index is 1.47. The van der Waals surface area contributed by atoms with Crippen LogP contribution in [0.1, 0.15) is 60.6 Å². The number of amides is 2. The summed E-state index contributed by atoms with van der Waals surface area (Å²) in [6, 6.07) is 21.5. The third-order valence-electron chi connectivity index (χ3n) is 6.91. The second kappa shape index (κ2) is 12.5. The van der Waals surface area contributed by atoms with Gasteiger partial charge in [-0.05, 0) is 65.4 Å². The number of halogens is 1. The lowest BCUT2D eigenvalue weighted by molar-refractivity contribution is -0.125. The smallest absolute Gasteiger partial charge is 0.251 e. The maximum Gasteiger partial charge on any atom is 0.251 e. The Morgan fingerprint density at radius 2 is 1.51 bits per heavy atom. The Morgan fingerprint density at radius 1 is 0.919 bits per heavy atom. The van der Waals surface area contributed by atoms with E-state index in [4.69, 9.17) is 10.5 Å². The molecule has 4 rings (SSSR count). The molecule has 1 aliphatic rings. The molecule has 37 heavy (non-hydrogen) atoms. The van der Waals surface area contributed by atoms with E-state index in [9.17, 15) is 19.1 Å². The normalized spacial score (nSPS) is 15.5. The topological polar surface area (TPSA) is 102 Å². The Kier molecular flexibility index (Phi) is 8.90. The molecule has 0 aromatic heterocycles. The molecule has 2 atom stereocenters. The van der Waals surface area contributed by atoms with Gasteiger partial charge in [0, 0.05) is 5.56 Å². The highest BCUT2D eigenvalue weighted by molar-refractivity contribution is 5.94. The van der Waals surface area contributed by atoms with Gasteiger partial charge in [0.25, 0.3) is 5.91 Å². The molecule has 6 nitrogen and oxygen atoms in total. The number of primary amides is 1. The number of nitrogens with two attached hydrogens (primary N) is 1. The molecule has 1 fully saturated rings. The van der Waals surface area contributed by atoms with Crippen LogP contribution in [-0.4, -0.2) is 29.6 Å². The van der Waals surface area contributed by atoms with E-state index < -0.39 is 17.9 Å². The molecule has 0 spiro atoms. The molecule has 2 amide bonds. The molecule has 3 aromatic carbocycles. The van der Waals surface area contributed by atoms with E-state index >= 15 is 0 Å². The summed E-state index contributed by atoms with van der Waals surface area (Å²) < 4.78 is 19.8. The van der Waals surface area contributed by atoms with Gasteiger partial charge in [-0.2, -0.15) is 0 Å². The van der Waals surface area contributed by atoms with Crippen molar-refractivity contribution >= 4 is 11.8 Å². The average Bonchev–Trinajstić information content (AvgIpc) is 2.92. The van der Waals surface area contributed by atoms with E-state index in [0.29, 0.717) is 17.2 Å². The summed E-state index contributed by atoms with van der Waals surface area (Å²) in [4.78, 5) is 23.3. The lowest BCUT2D eigenvalue weighted by Crippen LogP contribution is -2.39. The maximum absolute atomic E-state index is 13.3. The van der Waals surface area contributed by atoms with Gasteiger partial charge in [0.2, 0.25) is 5.91 Å². The van der Waals surface area contributed by atoms with Gasteiger partial charge >= 0.3 is 0 Å². The molecule has 0 radical (unpaired) electrons. The molecule has 3 aromatic rings. The van der Waals surface area contributed by atoms with Crippen LogP contribution in [0.3, 0.4) is 0 Å². The zero-order chi connectivity index (χ0) is 26.2. The van der Waals surface area contributed by atoms with Gasteiger partial charge in [0.15, 0.2) is 0 Å². The number of ether oxygens (including phenoxy) is 1.